The monoisotopic (exact) mass is 392 g/mol. The van der Waals surface area contributed by atoms with Crippen molar-refractivity contribution in [3.63, 3.8) is 0 Å². The second-order valence-corrected chi connectivity index (χ2v) is 7.33. The highest BCUT2D eigenvalue weighted by atomic mass is 16.6. The summed E-state index contributed by atoms with van der Waals surface area (Å²) in [5.74, 6) is -0.242. The van der Waals surface area contributed by atoms with E-state index in [1.54, 1.807) is 24.3 Å². The standard InChI is InChI=1S/C21H28O7/c1-2-3-4-6-13(22)9-10-14-15(23)11-18-20(14)27-17-8-5-7-16(21(17)28-18)26-12-19(24)25/h5,7-10,13-15,18,20,22-23H,2-4,6,11-12H2,1H3,(H,24,25)/b10-9+/t13-,14-,15+,18-,20+/m1/s1. The van der Waals surface area contributed by atoms with E-state index in [9.17, 15) is 15.0 Å². The molecule has 154 valence electrons. The molecule has 0 bridgehead atoms. The topological polar surface area (TPSA) is 105 Å². The van der Waals surface area contributed by atoms with Crippen molar-refractivity contribution in [1.29, 1.82) is 0 Å². The molecule has 3 N–H and O–H groups in total. The molecule has 0 spiro atoms. The zero-order valence-electron chi connectivity index (χ0n) is 16.0. The van der Waals surface area contributed by atoms with Crippen LogP contribution in [0, 0.1) is 5.92 Å². The number of carboxylic acid groups (broad SMARTS) is 1. The Kier molecular flexibility index (Phi) is 6.80. The minimum atomic E-state index is -1.08. The van der Waals surface area contributed by atoms with Crippen LogP contribution in [0.5, 0.6) is 17.2 Å². The summed E-state index contributed by atoms with van der Waals surface area (Å²) in [5, 5.41) is 29.4. The summed E-state index contributed by atoms with van der Waals surface area (Å²) in [5.41, 5.74) is 0. The fourth-order valence-corrected chi connectivity index (χ4v) is 3.72. The number of fused-ring (bicyclic) bond motifs is 2. The van der Waals surface area contributed by atoms with Crippen molar-refractivity contribution in [2.45, 2.75) is 63.4 Å². The van der Waals surface area contributed by atoms with E-state index in [0.29, 0.717) is 30.1 Å². The summed E-state index contributed by atoms with van der Waals surface area (Å²) in [6.45, 7) is 1.64. The lowest BCUT2D eigenvalue weighted by Crippen LogP contribution is -2.39. The van der Waals surface area contributed by atoms with Gasteiger partial charge in [0.15, 0.2) is 18.1 Å². The molecular weight excluding hydrogens is 364 g/mol. The fourth-order valence-electron chi connectivity index (χ4n) is 3.72. The maximum atomic E-state index is 10.8. The van der Waals surface area contributed by atoms with Gasteiger partial charge in [0.2, 0.25) is 5.75 Å². The zero-order chi connectivity index (χ0) is 20.1. The van der Waals surface area contributed by atoms with Gasteiger partial charge >= 0.3 is 5.97 Å². The lowest BCUT2D eigenvalue weighted by atomic mass is 10.00. The van der Waals surface area contributed by atoms with E-state index in [-0.39, 0.29) is 18.1 Å². The molecule has 1 heterocycles. The molecule has 3 rings (SSSR count). The largest absolute Gasteiger partial charge is 0.482 e. The van der Waals surface area contributed by atoms with Crippen LogP contribution in [0.2, 0.25) is 0 Å². The van der Waals surface area contributed by atoms with E-state index < -0.39 is 24.8 Å². The Morgan fingerprint density at radius 3 is 2.93 bits per heavy atom. The number of carbonyl (C=O) groups is 1. The summed E-state index contributed by atoms with van der Waals surface area (Å²) in [7, 11) is 0. The van der Waals surface area contributed by atoms with Gasteiger partial charge in [0.1, 0.15) is 12.2 Å². The molecule has 28 heavy (non-hydrogen) atoms. The van der Waals surface area contributed by atoms with Crippen molar-refractivity contribution in [1.82, 2.24) is 0 Å². The lowest BCUT2D eigenvalue weighted by Gasteiger charge is -2.32. The van der Waals surface area contributed by atoms with Crippen LogP contribution in [0.25, 0.3) is 0 Å². The van der Waals surface area contributed by atoms with Crippen LogP contribution >= 0.6 is 0 Å². The van der Waals surface area contributed by atoms with Gasteiger partial charge in [0.05, 0.1) is 12.2 Å². The average molecular weight is 392 g/mol. The van der Waals surface area contributed by atoms with E-state index in [0.717, 1.165) is 19.3 Å². The number of carboxylic acids is 1. The van der Waals surface area contributed by atoms with Crippen molar-refractivity contribution in [2.75, 3.05) is 6.61 Å². The van der Waals surface area contributed by atoms with Crippen molar-refractivity contribution in [3.05, 3.63) is 30.4 Å². The highest BCUT2D eigenvalue weighted by Crippen LogP contribution is 2.46. The third kappa shape index (κ3) is 4.77. The maximum absolute atomic E-state index is 10.8. The smallest absolute Gasteiger partial charge is 0.341 e. The van der Waals surface area contributed by atoms with Gasteiger partial charge in [0.25, 0.3) is 0 Å². The van der Waals surface area contributed by atoms with Gasteiger partial charge in [-0.3, -0.25) is 0 Å². The van der Waals surface area contributed by atoms with Gasteiger partial charge in [-0.05, 0) is 18.6 Å². The minimum Gasteiger partial charge on any atom is -0.482 e. The quantitative estimate of drug-likeness (QED) is 0.438. The molecule has 0 aromatic heterocycles. The van der Waals surface area contributed by atoms with Crippen LogP contribution in [-0.2, 0) is 4.79 Å². The SMILES string of the molecule is CCCCC[C@@H](O)/C=C/[C@H]1[C@@H]2Oc3cccc(OCC(=O)O)c3O[C@@H]2C[C@@H]1O. The predicted molar refractivity (Wildman–Crippen MR) is 102 cm³/mol. The van der Waals surface area contributed by atoms with Gasteiger partial charge in [-0.2, -0.15) is 0 Å². The molecule has 1 saturated carbocycles. The van der Waals surface area contributed by atoms with Gasteiger partial charge in [-0.25, -0.2) is 4.79 Å². The number of aliphatic carboxylic acids is 1. The Morgan fingerprint density at radius 1 is 1.36 bits per heavy atom. The second-order valence-electron chi connectivity index (χ2n) is 7.33. The predicted octanol–water partition coefficient (Wildman–Crippen LogP) is 2.54. The van der Waals surface area contributed by atoms with E-state index in [4.69, 9.17) is 19.3 Å². The van der Waals surface area contributed by atoms with Gasteiger partial charge in [-0.15, -0.1) is 0 Å². The first-order valence-electron chi connectivity index (χ1n) is 9.85. The van der Waals surface area contributed by atoms with Crippen molar-refractivity contribution >= 4 is 5.97 Å². The van der Waals surface area contributed by atoms with E-state index in [1.165, 1.54) is 0 Å². The first kappa shape index (κ1) is 20.5. The van der Waals surface area contributed by atoms with E-state index in [2.05, 4.69) is 6.92 Å². The summed E-state index contributed by atoms with van der Waals surface area (Å²) in [6, 6.07) is 5.05. The summed E-state index contributed by atoms with van der Waals surface area (Å²) in [4.78, 5) is 10.8. The van der Waals surface area contributed by atoms with Gasteiger partial charge in [-0.1, -0.05) is 44.4 Å². The average Bonchev–Trinajstić information content (AvgIpc) is 2.97. The third-order valence-electron chi connectivity index (χ3n) is 5.15. The molecule has 0 amide bonds. The van der Waals surface area contributed by atoms with Gasteiger partial charge < -0.3 is 29.5 Å². The number of para-hydroxylation sites is 1. The number of hydrogen-bond acceptors (Lipinski definition) is 6. The van der Waals surface area contributed by atoms with Gasteiger partial charge in [0, 0.05) is 12.3 Å². The molecule has 2 aliphatic rings. The second kappa shape index (κ2) is 9.30. The Morgan fingerprint density at radius 2 is 2.18 bits per heavy atom. The normalized spacial score (nSPS) is 26.8. The molecule has 1 aromatic rings. The van der Waals surface area contributed by atoms with Crippen molar-refractivity contribution in [3.8, 4) is 17.2 Å². The Labute approximate surface area is 164 Å². The van der Waals surface area contributed by atoms with E-state index >= 15 is 0 Å². The van der Waals surface area contributed by atoms with Crippen LogP contribution in [-0.4, -0.2) is 52.3 Å². The van der Waals surface area contributed by atoms with Crippen LogP contribution in [0.15, 0.2) is 30.4 Å². The Hall–Kier alpha value is -2.25. The summed E-state index contributed by atoms with van der Waals surface area (Å²) in [6.07, 6.45) is 5.86. The fraction of sp³-hybridized carbons (Fsp3) is 0.571. The molecule has 1 fully saturated rings. The molecule has 1 aliphatic carbocycles. The first-order chi connectivity index (χ1) is 13.5. The number of aliphatic hydroxyl groups is 2. The maximum Gasteiger partial charge on any atom is 0.341 e. The van der Waals surface area contributed by atoms with E-state index in [1.807, 2.05) is 6.08 Å². The van der Waals surface area contributed by atoms with Crippen LogP contribution in [0.4, 0.5) is 0 Å². The molecule has 7 nitrogen and oxygen atoms in total. The third-order valence-corrected chi connectivity index (χ3v) is 5.15. The minimum absolute atomic E-state index is 0.289. The molecule has 0 radical (unpaired) electrons. The highest BCUT2D eigenvalue weighted by Gasteiger charge is 2.47. The number of hydrogen-bond donors (Lipinski definition) is 3. The number of rotatable bonds is 9. The number of aliphatic hydroxyl groups excluding tert-OH is 2. The molecular formula is C21H28O7. The Balaban J connectivity index is 1.69. The highest BCUT2D eigenvalue weighted by molar-refractivity contribution is 5.68. The summed E-state index contributed by atoms with van der Waals surface area (Å²) >= 11 is 0. The molecule has 1 aliphatic heterocycles. The van der Waals surface area contributed by atoms with Crippen molar-refractivity contribution < 1.29 is 34.3 Å². The number of unbranched alkanes of at least 4 members (excludes halogenated alkanes) is 2. The zero-order valence-corrected chi connectivity index (χ0v) is 16.0. The van der Waals surface area contributed by atoms with Crippen LogP contribution in [0.3, 0.4) is 0 Å². The molecule has 5 atom stereocenters. The number of benzene rings is 1. The lowest BCUT2D eigenvalue weighted by molar-refractivity contribution is -0.139. The van der Waals surface area contributed by atoms with Crippen molar-refractivity contribution in [2.24, 2.45) is 5.92 Å². The molecule has 0 unspecified atom stereocenters. The van der Waals surface area contributed by atoms with Crippen LogP contribution < -0.4 is 14.2 Å². The molecule has 7 heteroatoms. The molecule has 0 saturated heterocycles. The number of ether oxygens (including phenoxy) is 3. The first-order valence-corrected chi connectivity index (χ1v) is 9.85. The molecule has 1 aromatic carbocycles. The Bertz CT molecular complexity index is 702. The summed E-state index contributed by atoms with van der Waals surface area (Å²) < 4.78 is 17.4. The van der Waals surface area contributed by atoms with Crippen LogP contribution in [0.1, 0.15) is 39.0 Å².